The molecule has 1 aromatic carbocycles. The number of hydrogen-bond acceptors (Lipinski definition) is 7. The van der Waals surface area contributed by atoms with Crippen molar-refractivity contribution in [1.29, 1.82) is 0 Å². The van der Waals surface area contributed by atoms with Crippen molar-refractivity contribution in [2.45, 2.75) is 19.9 Å². The van der Waals surface area contributed by atoms with Crippen LogP contribution in [-0.4, -0.2) is 61.9 Å². The third kappa shape index (κ3) is 4.95. The Kier molecular flexibility index (Phi) is 6.34. The highest BCUT2D eigenvalue weighted by Crippen LogP contribution is 2.23. The van der Waals surface area contributed by atoms with Gasteiger partial charge in [0.2, 0.25) is 5.84 Å². The number of nitrogens with zero attached hydrogens (tertiary/aromatic N) is 3. The predicted octanol–water partition coefficient (Wildman–Crippen LogP) is 1.34. The minimum absolute atomic E-state index is 0.0894. The molecule has 9 nitrogen and oxygen atoms in total. The van der Waals surface area contributed by atoms with E-state index in [4.69, 9.17) is 9.15 Å². The van der Waals surface area contributed by atoms with E-state index in [1.54, 1.807) is 0 Å². The molecule has 0 aliphatic carbocycles. The molecule has 1 saturated heterocycles. The summed E-state index contributed by atoms with van der Waals surface area (Å²) in [4.78, 5) is 31.5. The lowest BCUT2D eigenvalue weighted by atomic mass is 10.1. The molecule has 31 heavy (non-hydrogen) atoms. The van der Waals surface area contributed by atoms with E-state index in [1.807, 2.05) is 50.2 Å². The van der Waals surface area contributed by atoms with Crippen LogP contribution in [0.5, 0.6) is 0 Å². The van der Waals surface area contributed by atoms with Crippen LogP contribution < -0.4 is 15.8 Å². The smallest absolute Gasteiger partial charge is 0.288 e. The van der Waals surface area contributed by atoms with Gasteiger partial charge >= 0.3 is 0 Å². The number of amidine groups is 1. The van der Waals surface area contributed by atoms with Crippen molar-refractivity contribution < 1.29 is 18.7 Å². The summed E-state index contributed by atoms with van der Waals surface area (Å²) in [6.45, 7) is 6.94. The van der Waals surface area contributed by atoms with Gasteiger partial charge in [-0.1, -0.05) is 17.7 Å². The van der Waals surface area contributed by atoms with Crippen molar-refractivity contribution >= 4 is 23.3 Å². The first-order valence-corrected chi connectivity index (χ1v) is 10.4. The number of carbonyl (C=O) groups is 2. The fourth-order valence-corrected chi connectivity index (χ4v) is 3.65. The van der Waals surface area contributed by atoms with E-state index in [0.29, 0.717) is 25.4 Å². The molecule has 2 aromatic rings. The summed E-state index contributed by atoms with van der Waals surface area (Å²) < 4.78 is 11.3. The molecule has 4 rings (SSSR count). The minimum Gasteiger partial charge on any atom is -0.465 e. The van der Waals surface area contributed by atoms with Gasteiger partial charge in [-0.05, 0) is 38.1 Å². The van der Waals surface area contributed by atoms with Crippen molar-refractivity contribution in [3.8, 4) is 0 Å². The van der Waals surface area contributed by atoms with E-state index in [9.17, 15) is 9.59 Å². The van der Waals surface area contributed by atoms with Crippen molar-refractivity contribution in [1.82, 2.24) is 15.6 Å². The summed E-state index contributed by atoms with van der Waals surface area (Å²) in [6, 6.07) is 11.2. The number of anilines is 1. The van der Waals surface area contributed by atoms with Crippen LogP contribution in [0.15, 0.2) is 45.8 Å². The molecular weight excluding hydrogens is 398 g/mol. The number of ether oxygens (including phenoxy) is 1. The molecule has 1 atom stereocenters. The van der Waals surface area contributed by atoms with E-state index >= 15 is 0 Å². The highest BCUT2D eigenvalue weighted by Gasteiger charge is 2.29. The van der Waals surface area contributed by atoms with Gasteiger partial charge in [-0.3, -0.25) is 24.9 Å². The minimum atomic E-state index is -0.369. The van der Waals surface area contributed by atoms with Crippen molar-refractivity contribution in [2.75, 3.05) is 44.4 Å². The average Bonchev–Trinajstić information content (AvgIpc) is 3.21. The molecule has 2 aliphatic heterocycles. The fourth-order valence-electron chi connectivity index (χ4n) is 3.65. The van der Waals surface area contributed by atoms with Crippen LogP contribution in [0.3, 0.4) is 0 Å². The van der Waals surface area contributed by atoms with E-state index in [-0.39, 0.29) is 30.2 Å². The van der Waals surface area contributed by atoms with Crippen LogP contribution in [0.25, 0.3) is 0 Å². The number of benzene rings is 1. The Bertz CT molecular complexity index is 963. The molecule has 0 unspecified atom stereocenters. The Labute approximate surface area is 181 Å². The molecule has 0 radical (unpaired) electrons. The Morgan fingerprint density at radius 2 is 1.90 bits per heavy atom. The summed E-state index contributed by atoms with van der Waals surface area (Å²) in [7, 11) is 0. The number of morpholine rings is 1. The molecule has 0 bridgehead atoms. The number of nitrogens with one attached hydrogen (secondary N) is 2. The van der Waals surface area contributed by atoms with Gasteiger partial charge < -0.3 is 14.5 Å². The van der Waals surface area contributed by atoms with Crippen LogP contribution in [0.2, 0.25) is 0 Å². The molecule has 3 heterocycles. The maximum Gasteiger partial charge on any atom is 0.288 e. The third-order valence-electron chi connectivity index (χ3n) is 5.38. The lowest BCUT2D eigenvalue weighted by molar-refractivity contribution is -0.118. The van der Waals surface area contributed by atoms with E-state index in [1.165, 1.54) is 5.01 Å². The van der Waals surface area contributed by atoms with Crippen molar-refractivity contribution in [3.05, 3.63) is 53.5 Å². The van der Waals surface area contributed by atoms with Gasteiger partial charge in [-0.15, -0.1) is 0 Å². The van der Waals surface area contributed by atoms with Crippen molar-refractivity contribution in [3.63, 3.8) is 0 Å². The first kappa shape index (κ1) is 21.1. The van der Waals surface area contributed by atoms with Crippen LogP contribution in [0.4, 0.5) is 5.69 Å². The molecule has 2 aliphatic rings. The standard InChI is InChI=1S/C22H27N5O4/c1-15-3-6-17(7-4-15)27-20(28)14-23-21(25-27)22(29)24-13-18(19-8-5-16(2)31-19)26-9-11-30-12-10-26/h3-8,18H,9-14H2,1-2H3,(H,23,25)(H,24,29)/t18-/m1/s1. The zero-order chi connectivity index (χ0) is 21.8. The highest BCUT2D eigenvalue weighted by molar-refractivity contribution is 6.39. The summed E-state index contributed by atoms with van der Waals surface area (Å²) >= 11 is 0. The Hall–Kier alpha value is -3.17. The van der Waals surface area contributed by atoms with Gasteiger partial charge in [-0.2, -0.15) is 0 Å². The second-order valence-electron chi connectivity index (χ2n) is 7.66. The van der Waals surface area contributed by atoms with Gasteiger partial charge in [0, 0.05) is 19.6 Å². The number of aliphatic imine (C=N–C) groups is 1. The highest BCUT2D eigenvalue weighted by atomic mass is 16.5. The van der Waals surface area contributed by atoms with Crippen LogP contribution in [0.1, 0.15) is 23.1 Å². The van der Waals surface area contributed by atoms with Gasteiger partial charge in [0.05, 0.1) is 24.9 Å². The maximum absolute atomic E-state index is 12.8. The normalized spacial score (nSPS) is 18.3. The first-order valence-electron chi connectivity index (χ1n) is 10.4. The zero-order valence-electron chi connectivity index (χ0n) is 17.8. The fraction of sp³-hybridized carbons (Fsp3) is 0.409. The largest absolute Gasteiger partial charge is 0.465 e. The number of hydrazine groups is 1. The molecule has 2 N–H and O–H groups in total. The lowest BCUT2D eigenvalue weighted by Gasteiger charge is -2.33. The number of hydrogen-bond donors (Lipinski definition) is 2. The summed E-state index contributed by atoms with van der Waals surface area (Å²) in [5, 5.41) is 4.30. The molecular formula is C22H27N5O4. The number of rotatable bonds is 6. The number of amides is 2. The predicted molar refractivity (Wildman–Crippen MR) is 116 cm³/mol. The van der Waals surface area contributed by atoms with E-state index in [2.05, 4.69) is 20.6 Å². The zero-order valence-corrected chi connectivity index (χ0v) is 17.8. The molecule has 9 heteroatoms. The molecule has 2 amide bonds. The average molecular weight is 425 g/mol. The Morgan fingerprint density at radius 1 is 1.16 bits per heavy atom. The molecule has 164 valence electrons. The second-order valence-corrected chi connectivity index (χ2v) is 7.66. The quantitative estimate of drug-likeness (QED) is 0.725. The van der Waals surface area contributed by atoms with E-state index in [0.717, 1.165) is 30.2 Å². The molecule has 1 aromatic heterocycles. The number of aryl methyl sites for hydroxylation is 2. The molecule has 1 fully saturated rings. The van der Waals surface area contributed by atoms with Gasteiger partial charge in [0.25, 0.3) is 11.8 Å². The summed E-state index contributed by atoms with van der Waals surface area (Å²) in [6.07, 6.45) is 0. The SMILES string of the molecule is Cc1ccc(N2NC(C(=O)NC[C@H](c3ccc(C)o3)N3CCOCC3)=NCC2=O)cc1. The molecule has 0 saturated carbocycles. The molecule has 0 spiro atoms. The second kappa shape index (κ2) is 9.32. The summed E-state index contributed by atoms with van der Waals surface area (Å²) in [5.41, 5.74) is 4.60. The van der Waals surface area contributed by atoms with Crippen molar-refractivity contribution in [2.24, 2.45) is 4.99 Å². The first-order chi connectivity index (χ1) is 15.0. The topological polar surface area (TPSA) is 99.4 Å². The monoisotopic (exact) mass is 425 g/mol. The number of carbonyl (C=O) groups excluding carboxylic acids is 2. The van der Waals surface area contributed by atoms with Gasteiger partial charge in [0.1, 0.15) is 18.1 Å². The Morgan fingerprint density at radius 3 is 2.58 bits per heavy atom. The Balaban J connectivity index is 1.43. The maximum atomic E-state index is 12.8. The number of furan rings is 1. The third-order valence-corrected chi connectivity index (χ3v) is 5.38. The van der Waals surface area contributed by atoms with E-state index < -0.39 is 0 Å². The van der Waals surface area contributed by atoms with Crippen LogP contribution in [0, 0.1) is 13.8 Å². The van der Waals surface area contributed by atoms with Crippen LogP contribution >= 0.6 is 0 Å². The summed E-state index contributed by atoms with van der Waals surface area (Å²) in [5.74, 6) is 1.14. The lowest BCUT2D eigenvalue weighted by Crippen LogP contribution is -2.56. The van der Waals surface area contributed by atoms with Gasteiger partial charge in [0.15, 0.2) is 0 Å². The van der Waals surface area contributed by atoms with Crippen LogP contribution in [-0.2, 0) is 14.3 Å². The van der Waals surface area contributed by atoms with Gasteiger partial charge in [-0.25, -0.2) is 5.01 Å².